The number of hydrogen-bond donors (Lipinski definition) is 1. The van der Waals surface area contributed by atoms with Crippen molar-refractivity contribution in [1.29, 1.82) is 0 Å². The zero-order chi connectivity index (χ0) is 8.27. The number of aliphatic imine (C=N–C) groups is 1. The molecule has 1 unspecified atom stereocenters. The van der Waals surface area contributed by atoms with Crippen LogP contribution in [-0.2, 0) is 0 Å². The molecule has 0 aromatic rings. The van der Waals surface area contributed by atoms with Crippen LogP contribution in [0.3, 0.4) is 0 Å². The van der Waals surface area contributed by atoms with Crippen LogP contribution in [0.1, 0.15) is 6.92 Å². The molecule has 2 nitrogen and oxygen atoms in total. The van der Waals surface area contributed by atoms with E-state index in [1.54, 1.807) is 11.8 Å². The predicted molar refractivity (Wildman–Crippen MR) is 56.6 cm³/mol. The molecule has 1 aliphatic heterocycles. The third kappa shape index (κ3) is 2.74. The molecule has 62 valence electrons. The van der Waals surface area contributed by atoms with E-state index in [1.807, 2.05) is 0 Å². The molecule has 0 bridgehead atoms. The van der Waals surface area contributed by atoms with Gasteiger partial charge in [0.15, 0.2) is 0 Å². The highest BCUT2D eigenvalue weighted by atomic mass is 32.2. The Bertz CT molecular complexity index is 192. The summed E-state index contributed by atoms with van der Waals surface area (Å²) in [5, 5.41) is 9.88. The van der Waals surface area contributed by atoms with Gasteiger partial charge in [-0.2, -0.15) is 0 Å². The number of aliphatic hydroxyl groups excluding tert-OH is 1. The number of hydrogen-bond acceptors (Lipinski definition) is 5. The lowest BCUT2D eigenvalue weighted by molar-refractivity contribution is 0.237. The van der Waals surface area contributed by atoms with Crippen molar-refractivity contribution >= 4 is 44.3 Å². The molecule has 1 atom stereocenters. The summed E-state index contributed by atoms with van der Waals surface area (Å²) in [5.74, 6) is 0.981. The van der Waals surface area contributed by atoms with Crippen molar-refractivity contribution in [3.05, 3.63) is 0 Å². The van der Waals surface area contributed by atoms with E-state index < -0.39 is 0 Å². The van der Waals surface area contributed by atoms with Gasteiger partial charge in [-0.3, -0.25) is 4.99 Å². The lowest BCUT2D eigenvalue weighted by atomic mass is 10.3. The minimum absolute atomic E-state index is 0.351. The van der Waals surface area contributed by atoms with Gasteiger partial charge in [-0.05, 0) is 5.75 Å². The molecule has 0 saturated heterocycles. The Kier molecular flexibility index (Phi) is 3.84. The van der Waals surface area contributed by atoms with E-state index >= 15 is 0 Å². The molecular formula is C6H9NOS3. The third-order valence-corrected chi connectivity index (χ3v) is 3.66. The summed E-state index contributed by atoms with van der Waals surface area (Å²) in [6, 6.07) is 0. The second-order valence-electron chi connectivity index (χ2n) is 1.98. The van der Waals surface area contributed by atoms with Crippen LogP contribution in [0.4, 0.5) is 0 Å². The van der Waals surface area contributed by atoms with Crippen molar-refractivity contribution in [2.75, 3.05) is 12.3 Å². The summed E-state index contributed by atoms with van der Waals surface area (Å²) in [7, 11) is 0. The van der Waals surface area contributed by atoms with Crippen molar-refractivity contribution < 1.29 is 5.11 Å². The Morgan fingerprint density at radius 3 is 3.00 bits per heavy atom. The van der Waals surface area contributed by atoms with Gasteiger partial charge < -0.3 is 5.11 Å². The average Bonchev–Trinajstić information content (AvgIpc) is 1.98. The first kappa shape index (κ1) is 9.51. The second-order valence-corrected chi connectivity index (χ2v) is 5.47. The number of rotatable bonds is 1. The predicted octanol–water partition coefficient (Wildman–Crippen LogP) is 1.53. The topological polar surface area (TPSA) is 32.6 Å². The monoisotopic (exact) mass is 207 g/mol. The van der Waals surface area contributed by atoms with Gasteiger partial charge in [-0.25, -0.2) is 0 Å². The molecular weight excluding hydrogens is 198 g/mol. The highest BCUT2D eigenvalue weighted by Crippen LogP contribution is 2.23. The van der Waals surface area contributed by atoms with E-state index in [9.17, 15) is 0 Å². The van der Waals surface area contributed by atoms with Crippen molar-refractivity contribution in [3.8, 4) is 0 Å². The number of aliphatic hydroxyl groups is 1. The Morgan fingerprint density at radius 1 is 1.91 bits per heavy atom. The molecule has 1 aliphatic rings. The maximum atomic E-state index is 9.10. The molecule has 0 saturated carbocycles. The SMILES string of the molecule is CCSC(=S)SC1=NCC1O. The fourth-order valence-electron chi connectivity index (χ4n) is 0.580. The summed E-state index contributed by atoms with van der Waals surface area (Å²) >= 11 is 8.04. The van der Waals surface area contributed by atoms with E-state index in [-0.39, 0.29) is 6.10 Å². The first-order chi connectivity index (χ1) is 5.24. The minimum Gasteiger partial charge on any atom is -0.384 e. The molecule has 0 fully saturated rings. The molecule has 0 amide bonds. The fourth-order valence-corrected chi connectivity index (χ4v) is 2.79. The van der Waals surface area contributed by atoms with Crippen LogP contribution in [-0.4, -0.2) is 32.1 Å². The number of nitrogens with zero attached hydrogens (tertiary/aromatic N) is 1. The molecule has 1 heterocycles. The van der Waals surface area contributed by atoms with Gasteiger partial charge in [0.2, 0.25) is 0 Å². The van der Waals surface area contributed by atoms with Crippen LogP contribution < -0.4 is 0 Å². The summed E-state index contributed by atoms with van der Waals surface area (Å²) < 4.78 is 0.852. The van der Waals surface area contributed by atoms with Crippen molar-refractivity contribution in [3.63, 3.8) is 0 Å². The fraction of sp³-hybridized carbons (Fsp3) is 0.667. The molecule has 0 radical (unpaired) electrons. The number of thioether (sulfide) groups is 2. The maximum Gasteiger partial charge on any atom is 0.121 e. The van der Waals surface area contributed by atoms with Gasteiger partial charge in [0.05, 0.1) is 6.54 Å². The molecule has 0 aromatic heterocycles. The van der Waals surface area contributed by atoms with E-state index in [4.69, 9.17) is 17.3 Å². The summed E-state index contributed by atoms with van der Waals surface area (Å²) in [6.07, 6.45) is -0.351. The smallest absolute Gasteiger partial charge is 0.121 e. The Morgan fingerprint density at radius 2 is 2.64 bits per heavy atom. The Labute approximate surface area is 79.9 Å². The molecule has 0 aromatic carbocycles. The minimum atomic E-state index is -0.351. The highest BCUT2D eigenvalue weighted by molar-refractivity contribution is 8.52. The van der Waals surface area contributed by atoms with E-state index in [1.165, 1.54) is 11.8 Å². The summed E-state index contributed by atoms with van der Waals surface area (Å²) in [5.41, 5.74) is 0. The van der Waals surface area contributed by atoms with Crippen LogP contribution in [0.5, 0.6) is 0 Å². The average molecular weight is 207 g/mol. The molecule has 1 rings (SSSR count). The van der Waals surface area contributed by atoms with Crippen LogP contribution in [0.15, 0.2) is 4.99 Å². The van der Waals surface area contributed by atoms with Crippen LogP contribution in [0.2, 0.25) is 0 Å². The summed E-state index contributed by atoms with van der Waals surface area (Å²) in [6.45, 7) is 2.60. The zero-order valence-electron chi connectivity index (χ0n) is 6.11. The lowest BCUT2D eigenvalue weighted by Crippen LogP contribution is -2.31. The third-order valence-electron chi connectivity index (χ3n) is 1.16. The largest absolute Gasteiger partial charge is 0.384 e. The quantitative estimate of drug-likeness (QED) is 0.661. The molecule has 11 heavy (non-hydrogen) atoms. The van der Waals surface area contributed by atoms with Gasteiger partial charge in [-0.1, -0.05) is 30.9 Å². The van der Waals surface area contributed by atoms with Crippen molar-refractivity contribution in [1.82, 2.24) is 0 Å². The molecule has 1 N–H and O–H groups in total. The van der Waals surface area contributed by atoms with Crippen LogP contribution in [0.25, 0.3) is 0 Å². The van der Waals surface area contributed by atoms with Gasteiger partial charge in [0.1, 0.15) is 14.7 Å². The summed E-state index contributed by atoms with van der Waals surface area (Å²) in [4.78, 5) is 4.00. The molecule has 0 aliphatic carbocycles. The molecule has 5 heteroatoms. The molecule has 0 spiro atoms. The zero-order valence-corrected chi connectivity index (χ0v) is 8.56. The van der Waals surface area contributed by atoms with Crippen molar-refractivity contribution in [2.24, 2.45) is 4.99 Å². The van der Waals surface area contributed by atoms with Gasteiger partial charge in [0, 0.05) is 0 Å². The number of thiocarbonyl (C=S) groups is 1. The maximum absolute atomic E-state index is 9.10. The van der Waals surface area contributed by atoms with Gasteiger partial charge >= 0.3 is 0 Å². The van der Waals surface area contributed by atoms with Crippen LogP contribution >= 0.6 is 35.7 Å². The van der Waals surface area contributed by atoms with Gasteiger partial charge in [-0.15, -0.1) is 11.8 Å². The van der Waals surface area contributed by atoms with E-state index in [2.05, 4.69) is 11.9 Å². The second kappa shape index (κ2) is 4.45. The standard InChI is InChI=1S/C6H9NOS3/c1-2-10-6(9)11-5-4(8)3-7-5/h4,8H,2-3H2,1H3. The highest BCUT2D eigenvalue weighted by Gasteiger charge is 2.22. The Balaban J connectivity index is 2.26. The van der Waals surface area contributed by atoms with Gasteiger partial charge in [0.25, 0.3) is 0 Å². The van der Waals surface area contributed by atoms with E-state index in [0.717, 1.165) is 14.3 Å². The Hall–Kier alpha value is 0.420. The first-order valence-corrected chi connectivity index (χ1v) is 5.52. The van der Waals surface area contributed by atoms with E-state index in [0.29, 0.717) is 6.54 Å². The van der Waals surface area contributed by atoms with Crippen LogP contribution in [0, 0.1) is 0 Å². The normalized spacial score (nSPS) is 22.4. The first-order valence-electron chi connectivity index (χ1n) is 3.31. The lowest BCUT2D eigenvalue weighted by Gasteiger charge is -2.19. The van der Waals surface area contributed by atoms with Crippen molar-refractivity contribution in [2.45, 2.75) is 13.0 Å².